The van der Waals surface area contributed by atoms with Gasteiger partial charge in [-0.25, -0.2) is 0 Å². The van der Waals surface area contributed by atoms with Crippen molar-refractivity contribution in [3.05, 3.63) is 40.9 Å². The Bertz CT molecular complexity index is 378. The first-order valence-corrected chi connectivity index (χ1v) is 5.84. The molecule has 1 aromatic carbocycles. The van der Waals surface area contributed by atoms with Gasteiger partial charge in [-0.1, -0.05) is 22.0 Å². The van der Waals surface area contributed by atoms with Gasteiger partial charge < -0.3 is 10.4 Å². The lowest BCUT2D eigenvalue weighted by Gasteiger charge is -2.30. The Morgan fingerprint density at radius 2 is 2.40 bits per heavy atom. The van der Waals surface area contributed by atoms with Crippen molar-refractivity contribution in [2.75, 3.05) is 11.9 Å². The van der Waals surface area contributed by atoms with Crippen LogP contribution in [-0.2, 0) is 0 Å². The summed E-state index contributed by atoms with van der Waals surface area (Å²) in [6.07, 6.45) is 2.35. The largest absolute Gasteiger partial charge is 0.391 e. The highest BCUT2D eigenvalue weighted by Crippen LogP contribution is 2.35. The summed E-state index contributed by atoms with van der Waals surface area (Å²) in [5, 5.41) is 13.1. The molecule has 2 atom stereocenters. The van der Waals surface area contributed by atoms with Crippen LogP contribution in [0, 0.1) is 0 Å². The second kappa shape index (κ2) is 4.37. The monoisotopic (exact) mass is 267 g/mol. The summed E-state index contributed by atoms with van der Waals surface area (Å²) in [6, 6.07) is 6.12. The van der Waals surface area contributed by atoms with Crippen molar-refractivity contribution in [2.24, 2.45) is 0 Å². The molecular weight excluding hydrogens is 254 g/mol. The molecule has 0 aliphatic carbocycles. The van der Waals surface area contributed by atoms with Crippen LogP contribution < -0.4 is 5.32 Å². The Hall–Kier alpha value is -0.800. The highest BCUT2D eigenvalue weighted by atomic mass is 79.9. The molecule has 0 unspecified atom stereocenters. The third kappa shape index (κ3) is 2.08. The third-order valence-corrected chi connectivity index (χ3v) is 3.29. The van der Waals surface area contributed by atoms with Gasteiger partial charge in [-0.2, -0.15) is 0 Å². The first-order valence-electron chi connectivity index (χ1n) is 5.04. The van der Waals surface area contributed by atoms with Gasteiger partial charge in [-0.3, -0.25) is 0 Å². The smallest absolute Gasteiger partial charge is 0.0784 e. The minimum Gasteiger partial charge on any atom is -0.391 e. The van der Waals surface area contributed by atoms with E-state index in [0.717, 1.165) is 16.6 Å². The fourth-order valence-corrected chi connectivity index (χ4v) is 2.41. The number of fused-ring (bicyclic) bond motifs is 1. The van der Waals surface area contributed by atoms with E-state index in [1.165, 1.54) is 5.56 Å². The van der Waals surface area contributed by atoms with Crippen LogP contribution in [-0.4, -0.2) is 17.8 Å². The maximum absolute atomic E-state index is 9.91. The summed E-state index contributed by atoms with van der Waals surface area (Å²) < 4.78 is 1.05. The molecule has 0 saturated carbocycles. The molecule has 0 saturated heterocycles. The van der Waals surface area contributed by atoms with Gasteiger partial charge in [0.25, 0.3) is 0 Å². The summed E-state index contributed by atoms with van der Waals surface area (Å²) in [5.74, 6) is 0.163. The van der Waals surface area contributed by atoms with E-state index in [0.29, 0.717) is 6.54 Å². The molecule has 1 aliphatic heterocycles. The van der Waals surface area contributed by atoms with Crippen molar-refractivity contribution in [3.63, 3.8) is 0 Å². The first-order chi connectivity index (χ1) is 7.22. The molecule has 1 heterocycles. The zero-order chi connectivity index (χ0) is 10.8. The second-order valence-electron chi connectivity index (χ2n) is 3.81. The topological polar surface area (TPSA) is 32.3 Å². The van der Waals surface area contributed by atoms with Gasteiger partial charge in [-0.05, 0) is 30.2 Å². The van der Waals surface area contributed by atoms with Crippen molar-refractivity contribution < 1.29 is 5.11 Å². The lowest BCUT2D eigenvalue weighted by molar-refractivity contribution is 0.152. The number of allylic oxidation sites excluding steroid dienone is 1. The Labute approximate surface area is 98.1 Å². The van der Waals surface area contributed by atoms with E-state index in [4.69, 9.17) is 0 Å². The highest BCUT2D eigenvalue weighted by molar-refractivity contribution is 9.10. The molecule has 80 valence electrons. The number of rotatable bonds is 2. The molecule has 0 spiro atoms. The normalized spacial score (nSPS) is 24.1. The summed E-state index contributed by atoms with van der Waals surface area (Å²) in [5.41, 5.74) is 2.29. The van der Waals surface area contributed by atoms with Crippen LogP contribution in [0.15, 0.2) is 35.3 Å². The van der Waals surface area contributed by atoms with E-state index in [1.807, 2.05) is 18.2 Å². The summed E-state index contributed by atoms with van der Waals surface area (Å²) in [6.45, 7) is 4.36. The van der Waals surface area contributed by atoms with Crippen LogP contribution in [0.2, 0.25) is 0 Å². The van der Waals surface area contributed by atoms with E-state index in [1.54, 1.807) is 0 Å². The molecule has 0 amide bonds. The number of hydrogen-bond acceptors (Lipinski definition) is 2. The van der Waals surface area contributed by atoms with Gasteiger partial charge in [0.1, 0.15) is 0 Å². The van der Waals surface area contributed by atoms with Gasteiger partial charge in [0, 0.05) is 22.6 Å². The maximum atomic E-state index is 9.91. The number of β-amino-alcohol motifs (C(OH)–C–C–N with tert-alkyl or cyclic N) is 1. The van der Waals surface area contributed by atoms with Crippen LogP contribution in [0.3, 0.4) is 0 Å². The molecule has 0 bridgehead atoms. The Balaban J connectivity index is 2.40. The molecule has 0 fully saturated rings. The molecular formula is C12H14BrNO. The number of benzene rings is 1. The minimum absolute atomic E-state index is 0.163. The van der Waals surface area contributed by atoms with E-state index in [2.05, 4.69) is 33.9 Å². The predicted molar refractivity (Wildman–Crippen MR) is 66.2 cm³/mol. The molecule has 1 aromatic rings. The SMILES string of the molecule is C=CC[C@@H]1c2cc(Br)ccc2NC[C@H]1O. The lowest BCUT2D eigenvalue weighted by atomic mass is 9.86. The van der Waals surface area contributed by atoms with Gasteiger partial charge in [0.05, 0.1) is 6.10 Å². The summed E-state index contributed by atoms with van der Waals surface area (Å²) in [7, 11) is 0. The third-order valence-electron chi connectivity index (χ3n) is 2.80. The van der Waals surface area contributed by atoms with Crippen molar-refractivity contribution in [2.45, 2.75) is 18.4 Å². The van der Waals surface area contributed by atoms with Crippen LogP contribution in [0.1, 0.15) is 17.9 Å². The lowest BCUT2D eigenvalue weighted by Crippen LogP contribution is -2.32. The Morgan fingerprint density at radius 1 is 1.60 bits per heavy atom. The van der Waals surface area contributed by atoms with E-state index < -0.39 is 0 Å². The number of aliphatic hydroxyl groups excluding tert-OH is 1. The number of halogens is 1. The molecule has 2 N–H and O–H groups in total. The van der Waals surface area contributed by atoms with Crippen molar-refractivity contribution in [1.82, 2.24) is 0 Å². The van der Waals surface area contributed by atoms with Crippen LogP contribution in [0.25, 0.3) is 0 Å². The van der Waals surface area contributed by atoms with Gasteiger partial charge in [0.15, 0.2) is 0 Å². The average molecular weight is 268 g/mol. The zero-order valence-corrected chi connectivity index (χ0v) is 10.00. The van der Waals surface area contributed by atoms with E-state index in [9.17, 15) is 5.11 Å². The fraction of sp³-hybridized carbons (Fsp3) is 0.333. The average Bonchev–Trinajstić information content (AvgIpc) is 2.23. The summed E-state index contributed by atoms with van der Waals surface area (Å²) >= 11 is 3.45. The van der Waals surface area contributed by atoms with Crippen molar-refractivity contribution in [1.29, 1.82) is 0 Å². The second-order valence-corrected chi connectivity index (χ2v) is 4.73. The van der Waals surface area contributed by atoms with Crippen LogP contribution >= 0.6 is 15.9 Å². The molecule has 2 rings (SSSR count). The number of hydrogen-bond donors (Lipinski definition) is 2. The summed E-state index contributed by atoms with van der Waals surface area (Å²) in [4.78, 5) is 0. The van der Waals surface area contributed by atoms with Crippen molar-refractivity contribution >= 4 is 21.6 Å². The van der Waals surface area contributed by atoms with Crippen LogP contribution in [0.4, 0.5) is 5.69 Å². The molecule has 0 aromatic heterocycles. The number of aliphatic hydroxyl groups is 1. The highest BCUT2D eigenvalue weighted by Gasteiger charge is 2.26. The Kier molecular flexibility index (Phi) is 3.12. The zero-order valence-electron chi connectivity index (χ0n) is 8.41. The molecule has 3 heteroatoms. The predicted octanol–water partition coefficient (Wildman–Crippen LogP) is 2.90. The standard InChI is InChI=1S/C12H14BrNO/c1-2-3-9-10-6-8(13)4-5-11(10)14-7-12(9)15/h2,4-6,9,12,14-15H,1,3,7H2/t9-,12-/m1/s1. The van der Waals surface area contributed by atoms with E-state index >= 15 is 0 Å². The maximum Gasteiger partial charge on any atom is 0.0784 e. The quantitative estimate of drug-likeness (QED) is 0.808. The number of nitrogens with one attached hydrogen (secondary N) is 1. The molecule has 15 heavy (non-hydrogen) atoms. The Morgan fingerprint density at radius 3 is 3.13 bits per heavy atom. The number of anilines is 1. The van der Waals surface area contributed by atoms with Gasteiger partial charge in [-0.15, -0.1) is 6.58 Å². The van der Waals surface area contributed by atoms with Gasteiger partial charge in [0.2, 0.25) is 0 Å². The molecule has 2 nitrogen and oxygen atoms in total. The van der Waals surface area contributed by atoms with Crippen molar-refractivity contribution in [3.8, 4) is 0 Å². The molecule has 1 aliphatic rings. The fourth-order valence-electron chi connectivity index (χ4n) is 2.03. The first kappa shape index (κ1) is 10.7. The van der Waals surface area contributed by atoms with Crippen LogP contribution in [0.5, 0.6) is 0 Å². The van der Waals surface area contributed by atoms with Gasteiger partial charge >= 0.3 is 0 Å². The van der Waals surface area contributed by atoms with E-state index in [-0.39, 0.29) is 12.0 Å². The molecule has 0 radical (unpaired) electrons. The minimum atomic E-state index is -0.329.